The van der Waals surface area contributed by atoms with Gasteiger partial charge in [0.15, 0.2) is 11.9 Å². The van der Waals surface area contributed by atoms with Gasteiger partial charge < -0.3 is 15.2 Å². The number of hydrogen-bond acceptors (Lipinski definition) is 7. The lowest BCUT2D eigenvalue weighted by Crippen LogP contribution is -2.40. The van der Waals surface area contributed by atoms with Crippen LogP contribution in [-0.2, 0) is 19.6 Å². The van der Waals surface area contributed by atoms with Crippen molar-refractivity contribution in [2.45, 2.75) is 17.9 Å². The van der Waals surface area contributed by atoms with Gasteiger partial charge in [-0.25, -0.2) is 8.42 Å². The highest BCUT2D eigenvalue weighted by atomic mass is 32.2. The van der Waals surface area contributed by atoms with Gasteiger partial charge in [-0.3, -0.25) is 14.9 Å². The third-order valence-electron chi connectivity index (χ3n) is 3.44. The molecule has 0 spiro atoms. The molecule has 0 radical (unpaired) electrons. The first kappa shape index (κ1) is 18.1. The van der Waals surface area contributed by atoms with E-state index in [1.807, 2.05) is 0 Å². The lowest BCUT2D eigenvalue weighted by atomic mass is 10.3. The number of ether oxygens (including phenoxy) is 2. The molecule has 1 atom stereocenters. The molecule has 1 heterocycles. The van der Waals surface area contributed by atoms with Crippen molar-refractivity contribution < 1.29 is 27.6 Å². The van der Waals surface area contributed by atoms with E-state index in [0.717, 1.165) is 12.1 Å². The van der Waals surface area contributed by atoms with E-state index in [4.69, 9.17) is 15.2 Å². The molecule has 2 N–H and O–H groups in total. The first-order valence-electron chi connectivity index (χ1n) is 7.06. The minimum atomic E-state index is -3.88. The second-order valence-electron chi connectivity index (χ2n) is 5.07. The molecular formula is C13H17N3O7S. The van der Waals surface area contributed by atoms with Crippen LogP contribution in [0.3, 0.4) is 0 Å². The Morgan fingerprint density at radius 2 is 2.04 bits per heavy atom. The lowest BCUT2D eigenvalue weighted by Gasteiger charge is -2.26. The summed E-state index contributed by atoms with van der Waals surface area (Å²) in [5, 5.41) is 11.2. The summed E-state index contributed by atoms with van der Waals surface area (Å²) in [5.41, 5.74) is 4.50. The quantitative estimate of drug-likeness (QED) is 0.550. The molecule has 1 fully saturated rings. The molecule has 0 aromatic heterocycles. The van der Waals surface area contributed by atoms with Gasteiger partial charge in [0.05, 0.1) is 23.0 Å². The topological polar surface area (TPSA) is 142 Å². The van der Waals surface area contributed by atoms with E-state index >= 15 is 0 Å². The number of hydrogen-bond donors (Lipinski definition) is 1. The van der Waals surface area contributed by atoms with Crippen LogP contribution in [0.15, 0.2) is 23.1 Å². The van der Waals surface area contributed by atoms with Crippen molar-refractivity contribution in [3.63, 3.8) is 0 Å². The van der Waals surface area contributed by atoms with Crippen molar-refractivity contribution in [1.29, 1.82) is 0 Å². The Bertz CT molecular complexity index is 744. The van der Waals surface area contributed by atoms with E-state index in [1.165, 1.54) is 17.3 Å². The molecule has 132 valence electrons. The van der Waals surface area contributed by atoms with Gasteiger partial charge in [-0.05, 0) is 19.1 Å². The van der Waals surface area contributed by atoms with E-state index in [1.54, 1.807) is 0 Å². The average molecular weight is 359 g/mol. The van der Waals surface area contributed by atoms with Crippen molar-refractivity contribution in [2.24, 2.45) is 5.73 Å². The normalized spacial score (nSPS) is 17.2. The predicted molar refractivity (Wildman–Crippen MR) is 82.0 cm³/mol. The predicted octanol–water partition coefficient (Wildman–Crippen LogP) is -0.132. The van der Waals surface area contributed by atoms with Crippen LogP contribution in [0.4, 0.5) is 5.69 Å². The first-order valence-corrected chi connectivity index (χ1v) is 8.50. The summed E-state index contributed by atoms with van der Waals surface area (Å²) in [4.78, 5) is 21.2. The minimum Gasteiger partial charge on any atom is -0.474 e. The number of nitro benzene ring substituents is 1. The zero-order valence-corrected chi connectivity index (χ0v) is 13.7. The van der Waals surface area contributed by atoms with Crippen molar-refractivity contribution in [1.82, 2.24) is 4.31 Å². The summed E-state index contributed by atoms with van der Waals surface area (Å²) in [6.07, 6.45) is -1.09. The van der Waals surface area contributed by atoms with E-state index in [0.29, 0.717) is 0 Å². The molecule has 11 heteroatoms. The highest BCUT2D eigenvalue weighted by Crippen LogP contribution is 2.31. The maximum absolute atomic E-state index is 12.5. The van der Waals surface area contributed by atoms with Gasteiger partial charge in [-0.1, -0.05) is 0 Å². The molecule has 1 saturated heterocycles. The number of primary amides is 1. The second-order valence-corrected chi connectivity index (χ2v) is 7.00. The molecule has 0 bridgehead atoms. The van der Waals surface area contributed by atoms with Gasteiger partial charge >= 0.3 is 5.69 Å². The number of carbonyl (C=O) groups excluding carboxylic acids is 1. The third kappa shape index (κ3) is 3.80. The summed E-state index contributed by atoms with van der Waals surface area (Å²) >= 11 is 0. The van der Waals surface area contributed by atoms with Crippen molar-refractivity contribution in [2.75, 3.05) is 26.3 Å². The highest BCUT2D eigenvalue weighted by Gasteiger charge is 2.29. The van der Waals surface area contributed by atoms with Gasteiger partial charge in [0.1, 0.15) is 0 Å². The van der Waals surface area contributed by atoms with Crippen LogP contribution in [0, 0.1) is 10.1 Å². The number of nitrogens with zero attached hydrogens (tertiary/aromatic N) is 2. The maximum Gasteiger partial charge on any atom is 0.312 e. The number of morpholine rings is 1. The molecule has 0 saturated carbocycles. The number of carbonyl (C=O) groups is 1. The summed E-state index contributed by atoms with van der Waals surface area (Å²) in [7, 11) is -3.88. The molecule has 24 heavy (non-hydrogen) atoms. The maximum atomic E-state index is 12.5. The molecule has 10 nitrogen and oxygen atoms in total. The molecule has 1 aliphatic rings. The van der Waals surface area contributed by atoms with Gasteiger partial charge in [0, 0.05) is 19.2 Å². The standard InChI is InChI=1S/C13H17N3O7S/c1-9(13(14)17)23-12-3-2-10(8-11(12)16(18)19)24(20,21)15-4-6-22-7-5-15/h2-3,8-9H,4-7H2,1H3,(H2,14,17). The van der Waals surface area contributed by atoms with Crippen LogP contribution in [0.25, 0.3) is 0 Å². The zero-order chi connectivity index (χ0) is 17.9. The molecule has 1 aromatic carbocycles. The van der Waals surface area contributed by atoms with E-state index in [-0.39, 0.29) is 36.9 Å². The molecular weight excluding hydrogens is 342 g/mol. The number of nitro groups is 1. The van der Waals surface area contributed by atoms with Crippen LogP contribution in [0.2, 0.25) is 0 Å². The third-order valence-corrected chi connectivity index (χ3v) is 5.33. The van der Waals surface area contributed by atoms with Crippen molar-refractivity contribution >= 4 is 21.6 Å². The van der Waals surface area contributed by atoms with Crippen molar-refractivity contribution in [3.8, 4) is 5.75 Å². The summed E-state index contributed by atoms with van der Waals surface area (Å²) in [6.45, 7) is 2.21. The Kier molecular flexibility index (Phi) is 5.36. The Morgan fingerprint density at radius 3 is 2.58 bits per heavy atom. The first-order chi connectivity index (χ1) is 11.2. The smallest absolute Gasteiger partial charge is 0.312 e. The largest absolute Gasteiger partial charge is 0.474 e. The van der Waals surface area contributed by atoms with Gasteiger partial charge in [0.2, 0.25) is 10.0 Å². The molecule has 1 aromatic rings. The van der Waals surface area contributed by atoms with Crippen LogP contribution in [0.1, 0.15) is 6.92 Å². The summed E-state index contributed by atoms with van der Waals surface area (Å²) in [5.74, 6) is -1.03. The lowest BCUT2D eigenvalue weighted by molar-refractivity contribution is -0.386. The molecule has 1 unspecified atom stereocenters. The fourth-order valence-corrected chi connectivity index (χ4v) is 3.51. The van der Waals surface area contributed by atoms with Gasteiger partial charge in [0.25, 0.3) is 5.91 Å². The van der Waals surface area contributed by atoms with Crippen LogP contribution in [0.5, 0.6) is 5.75 Å². The van der Waals surface area contributed by atoms with Crippen LogP contribution < -0.4 is 10.5 Å². The number of benzene rings is 1. The summed E-state index contributed by atoms with van der Waals surface area (Å²) < 4.78 is 36.5. The Hall–Kier alpha value is -2.24. The van der Waals surface area contributed by atoms with E-state index < -0.39 is 32.6 Å². The number of nitrogens with two attached hydrogens (primary N) is 1. The zero-order valence-electron chi connectivity index (χ0n) is 12.9. The van der Waals surface area contributed by atoms with Gasteiger partial charge in [-0.2, -0.15) is 4.31 Å². The van der Waals surface area contributed by atoms with Crippen LogP contribution >= 0.6 is 0 Å². The fraction of sp³-hybridized carbons (Fsp3) is 0.462. The fourth-order valence-electron chi connectivity index (χ4n) is 2.08. The molecule has 0 aliphatic carbocycles. The van der Waals surface area contributed by atoms with E-state index in [2.05, 4.69) is 0 Å². The monoisotopic (exact) mass is 359 g/mol. The Labute approximate surface area is 138 Å². The average Bonchev–Trinajstić information content (AvgIpc) is 2.55. The Balaban J connectivity index is 2.37. The number of rotatable bonds is 6. The van der Waals surface area contributed by atoms with Crippen LogP contribution in [-0.4, -0.2) is 56.0 Å². The van der Waals surface area contributed by atoms with E-state index in [9.17, 15) is 23.3 Å². The molecule has 1 aliphatic heterocycles. The number of sulfonamides is 1. The molecule has 1 amide bonds. The highest BCUT2D eigenvalue weighted by molar-refractivity contribution is 7.89. The SMILES string of the molecule is CC(Oc1ccc(S(=O)(=O)N2CCOCC2)cc1[N+](=O)[O-])C(N)=O. The van der Waals surface area contributed by atoms with Crippen molar-refractivity contribution in [3.05, 3.63) is 28.3 Å². The van der Waals surface area contributed by atoms with Gasteiger partial charge in [-0.15, -0.1) is 0 Å². The number of amides is 1. The Morgan fingerprint density at radius 1 is 1.42 bits per heavy atom. The second kappa shape index (κ2) is 7.11. The summed E-state index contributed by atoms with van der Waals surface area (Å²) in [6, 6.07) is 3.25. The molecule has 2 rings (SSSR count). The minimum absolute atomic E-state index is 0.174.